The first-order chi connectivity index (χ1) is 10.3. The quantitative estimate of drug-likeness (QED) is 0.520. The van der Waals surface area contributed by atoms with Crippen molar-refractivity contribution in [3.8, 4) is 0 Å². The number of carbonyl (C=O) groups excluding carboxylic acids is 1. The van der Waals surface area contributed by atoms with Crippen LogP contribution in [-0.4, -0.2) is 17.3 Å². The number of rotatable bonds is 4. The number of hydrogen-bond donors (Lipinski definition) is 0. The molecular weight excluding hydrogens is 304 g/mol. The summed E-state index contributed by atoms with van der Waals surface area (Å²) in [6.45, 7) is 19.4. The van der Waals surface area contributed by atoms with E-state index in [1.807, 2.05) is 20.8 Å². The summed E-state index contributed by atoms with van der Waals surface area (Å²) >= 11 is 1.58. The van der Waals surface area contributed by atoms with Crippen LogP contribution in [0.2, 0.25) is 0 Å². The Balaban J connectivity index is 3.28. The molecule has 0 amide bonds. The highest BCUT2D eigenvalue weighted by molar-refractivity contribution is 8.01. The summed E-state index contributed by atoms with van der Waals surface area (Å²) in [5.41, 5.74) is 2.74. The summed E-state index contributed by atoms with van der Waals surface area (Å²) in [6, 6.07) is 6.71. The molecule has 23 heavy (non-hydrogen) atoms. The SMILES string of the molecule is CCOC(=O)C(C)(C)Sc1cc(C(C)(C)C)cc(C(C)(C)C)c1. The average Bonchev–Trinajstić information content (AvgIpc) is 2.36. The smallest absolute Gasteiger partial charge is 0.321 e. The van der Waals surface area contributed by atoms with Crippen LogP contribution in [0.3, 0.4) is 0 Å². The van der Waals surface area contributed by atoms with E-state index in [0.29, 0.717) is 6.61 Å². The Morgan fingerprint density at radius 3 is 1.70 bits per heavy atom. The van der Waals surface area contributed by atoms with Crippen molar-refractivity contribution in [1.29, 1.82) is 0 Å². The Hall–Kier alpha value is -0.960. The zero-order chi connectivity index (χ0) is 18.1. The largest absolute Gasteiger partial charge is 0.465 e. The maximum absolute atomic E-state index is 12.2. The molecule has 130 valence electrons. The highest BCUT2D eigenvalue weighted by Gasteiger charge is 2.31. The summed E-state index contributed by atoms with van der Waals surface area (Å²) in [7, 11) is 0. The van der Waals surface area contributed by atoms with Gasteiger partial charge in [-0.1, -0.05) is 47.6 Å². The topological polar surface area (TPSA) is 26.3 Å². The molecule has 0 radical (unpaired) electrons. The standard InChI is InChI=1S/C20H32O2S/c1-10-22-17(21)20(8,9)23-16-12-14(18(2,3)4)11-15(13-16)19(5,6)7/h11-13H,10H2,1-9H3. The van der Waals surface area contributed by atoms with Crippen molar-refractivity contribution < 1.29 is 9.53 Å². The number of esters is 1. The molecule has 0 unspecified atom stereocenters. The lowest BCUT2D eigenvalue weighted by molar-refractivity contribution is -0.145. The fraction of sp³-hybridized carbons (Fsp3) is 0.650. The molecule has 0 saturated heterocycles. The van der Waals surface area contributed by atoms with Gasteiger partial charge in [-0.25, -0.2) is 0 Å². The van der Waals surface area contributed by atoms with E-state index in [9.17, 15) is 4.79 Å². The monoisotopic (exact) mass is 336 g/mol. The van der Waals surface area contributed by atoms with E-state index in [1.54, 1.807) is 11.8 Å². The van der Waals surface area contributed by atoms with Gasteiger partial charge in [0.05, 0.1) is 6.61 Å². The van der Waals surface area contributed by atoms with Crippen molar-refractivity contribution >= 4 is 17.7 Å². The van der Waals surface area contributed by atoms with Gasteiger partial charge in [0.15, 0.2) is 0 Å². The molecule has 3 heteroatoms. The number of benzene rings is 1. The van der Waals surface area contributed by atoms with Gasteiger partial charge in [-0.3, -0.25) is 4.79 Å². The van der Waals surface area contributed by atoms with Crippen molar-refractivity contribution in [2.75, 3.05) is 6.61 Å². The van der Waals surface area contributed by atoms with Crippen LogP contribution in [-0.2, 0) is 20.4 Å². The Kier molecular flexibility index (Phi) is 6.01. The molecule has 0 heterocycles. The van der Waals surface area contributed by atoms with E-state index in [2.05, 4.69) is 59.7 Å². The number of ether oxygens (including phenoxy) is 1. The molecule has 0 spiro atoms. The molecule has 0 atom stereocenters. The third kappa shape index (κ3) is 5.56. The Bertz CT molecular complexity index is 528. The first-order valence-corrected chi connectivity index (χ1v) is 9.11. The van der Waals surface area contributed by atoms with E-state index in [-0.39, 0.29) is 16.8 Å². The maximum atomic E-state index is 12.2. The van der Waals surface area contributed by atoms with Gasteiger partial charge in [0.1, 0.15) is 4.75 Å². The van der Waals surface area contributed by atoms with Gasteiger partial charge < -0.3 is 4.74 Å². The summed E-state index contributed by atoms with van der Waals surface area (Å²) < 4.78 is 4.62. The predicted octanol–water partition coefficient (Wildman–Crippen LogP) is 5.72. The highest BCUT2D eigenvalue weighted by Crippen LogP contribution is 2.38. The second-order valence-corrected chi connectivity index (χ2v) is 10.3. The van der Waals surface area contributed by atoms with Crippen molar-refractivity contribution in [2.45, 2.75) is 82.8 Å². The Morgan fingerprint density at radius 1 is 0.913 bits per heavy atom. The lowest BCUT2D eigenvalue weighted by Crippen LogP contribution is -2.30. The molecule has 1 aromatic carbocycles. The molecule has 0 N–H and O–H groups in total. The minimum Gasteiger partial charge on any atom is -0.465 e. The molecule has 0 aliphatic heterocycles. The number of thioether (sulfide) groups is 1. The fourth-order valence-electron chi connectivity index (χ4n) is 2.17. The van der Waals surface area contributed by atoms with Crippen LogP contribution in [0.25, 0.3) is 0 Å². The second-order valence-electron chi connectivity index (χ2n) is 8.58. The molecule has 0 bridgehead atoms. The molecular formula is C20H32O2S. The van der Waals surface area contributed by atoms with Gasteiger partial charge in [0, 0.05) is 4.90 Å². The van der Waals surface area contributed by atoms with E-state index in [1.165, 1.54) is 11.1 Å². The van der Waals surface area contributed by atoms with Gasteiger partial charge >= 0.3 is 5.97 Å². The average molecular weight is 337 g/mol. The summed E-state index contributed by atoms with van der Waals surface area (Å²) in [6.07, 6.45) is 0. The normalized spacial score (nSPS) is 13.1. The van der Waals surface area contributed by atoms with Crippen LogP contribution >= 0.6 is 11.8 Å². The summed E-state index contributed by atoms with van der Waals surface area (Å²) in [5.74, 6) is -0.163. The first-order valence-electron chi connectivity index (χ1n) is 8.29. The summed E-state index contributed by atoms with van der Waals surface area (Å²) in [5, 5.41) is 0. The minimum absolute atomic E-state index is 0.0740. The minimum atomic E-state index is -0.596. The van der Waals surface area contributed by atoms with Crippen LogP contribution in [0.5, 0.6) is 0 Å². The van der Waals surface area contributed by atoms with Gasteiger partial charge in [-0.2, -0.15) is 0 Å². The third-order valence-electron chi connectivity index (χ3n) is 3.78. The molecule has 0 aliphatic rings. The van der Waals surface area contributed by atoms with Crippen LogP contribution in [0, 0.1) is 0 Å². The maximum Gasteiger partial charge on any atom is 0.321 e. The van der Waals surface area contributed by atoms with E-state index in [0.717, 1.165) is 4.90 Å². The number of hydrogen-bond acceptors (Lipinski definition) is 3. The Labute approximate surface area is 146 Å². The van der Waals surface area contributed by atoms with Crippen LogP contribution < -0.4 is 0 Å². The zero-order valence-corrected chi connectivity index (χ0v) is 17.0. The first kappa shape index (κ1) is 20.1. The fourth-order valence-corrected chi connectivity index (χ4v) is 3.27. The van der Waals surface area contributed by atoms with Gasteiger partial charge in [-0.15, -0.1) is 11.8 Å². The second kappa shape index (κ2) is 6.88. The Morgan fingerprint density at radius 2 is 1.35 bits per heavy atom. The van der Waals surface area contributed by atoms with E-state index < -0.39 is 4.75 Å². The van der Waals surface area contributed by atoms with Gasteiger partial charge in [0.2, 0.25) is 0 Å². The molecule has 0 fully saturated rings. The number of carbonyl (C=O) groups is 1. The van der Waals surface area contributed by atoms with Crippen LogP contribution in [0.4, 0.5) is 0 Å². The van der Waals surface area contributed by atoms with Gasteiger partial charge in [0.25, 0.3) is 0 Å². The molecule has 0 aliphatic carbocycles. The third-order valence-corrected chi connectivity index (χ3v) is 4.93. The van der Waals surface area contributed by atoms with Crippen molar-refractivity contribution in [1.82, 2.24) is 0 Å². The van der Waals surface area contributed by atoms with Crippen molar-refractivity contribution in [3.63, 3.8) is 0 Å². The lowest BCUT2D eigenvalue weighted by Gasteiger charge is -2.28. The molecule has 1 aromatic rings. The molecule has 1 rings (SSSR count). The molecule has 2 nitrogen and oxygen atoms in total. The van der Waals surface area contributed by atoms with Crippen LogP contribution in [0.1, 0.15) is 73.4 Å². The predicted molar refractivity (Wildman–Crippen MR) is 100 cm³/mol. The van der Waals surface area contributed by atoms with Crippen LogP contribution in [0.15, 0.2) is 23.1 Å². The highest BCUT2D eigenvalue weighted by atomic mass is 32.2. The van der Waals surface area contributed by atoms with Crippen molar-refractivity contribution in [2.24, 2.45) is 0 Å². The van der Waals surface area contributed by atoms with Gasteiger partial charge in [-0.05, 0) is 54.9 Å². The van der Waals surface area contributed by atoms with E-state index in [4.69, 9.17) is 4.74 Å². The van der Waals surface area contributed by atoms with Crippen molar-refractivity contribution in [3.05, 3.63) is 29.3 Å². The zero-order valence-electron chi connectivity index (χ0n) is 16.2. The summed E-state index contributed by atoms with van der Waals surface area (Å²) in [4.78, 5) is 13.3. The lowest BCUT2D eigenvalue weighted by atomic mass is 9.81. The van der Waals surface area contributed by atoms with E-state index >= 15 is 0 Å². The molecule has 0 aromatic heterocycles. The molecule has 0 saturated carbocycles.